The SMILES string of the molecule is CN1CC[C@]23c4c5ccc(OC(=O)NC(Cc6ccccc6)C(=O)NN6CCCCC6)c4O[C@H]2[C@@H](O)C=CC3C1C5. The van der Waals surface area contributed by atoms with Gasteiger partial charge in [-0.3, -0.25) is 10.2 Å². The summed E-state index contributed by atoms with van der Waals surface area (Å²) in [5.41, 5.74) is 5.86. The van der Waals surface area contributed by atoms with Crippen molar-refractivity contribution in [3.05, 3.63) is 71.3 Å². The third-order valence-electron chi connectivity index (χ3n) is 9.85. The number of aliphatic hydroxyl groups excluding tert-OH is 1. The van der Waals surface area contributed by atoms with E-state index < -0.39 is 24.3 Å². The van der Waals surface area contributed by atoms with Crippen molar-refractivity contribution in [3.63, 3.8) is 0 Å². The molecule has 2 aliphatic carbocycles. The number of likely N-dealkylation sites (tertiary alicyclic amines) is 1. The molecule has 2 aromatic carbocycles. The van der Waals surface area contributed by atoms with Gasteiger partial charge in [0.15, 0.2) is 11.5 Å². The lowest BCUT2D eigenvalue weighted by molar-refractivity contribution is -0.128. The Bertz CT molecular complexity index is 1360. The number of nitrogens with one attached hydrogen (secondary N) is 2. The Kier molecular flexibility index (Phi) is 6.76. The number of carbonyl (C=O) groups is 2. The van der Waals surface area contributed by atoms with E-state index in [1.54, 1.807) is 6.07 Å². The van der Waals surface area contributed by atoms with Gasteiger partial charge in [-0.05, 0) is 56.5 Å². The normalized spacial score (nSPS) is 30.6. The van der Waals surface area contributed by atoms with E-state index in [-0.39, 0.29) is 17.2 Å². The van der Waals surface area contributed by atoms with Crippen molar-refractivity contribution in [2.75, 3.05) is 26.7 Å². The zero-order valence-electron chi connectivity index (χ0n) is 23.4. The first-order valence-electron chi connectivity index (χ1n) is 14.9. The molecule has 41 heavy (non-hydrogen) atoms. The lowest BCUT2D eigenvalue weighted by Gasteiger charge is -2.56. The van der Waals surface area contributed by atoms with Crippen LogP contribution in [0.4, 0.5) is 4.79 Å². The van der Waals surface area contributed by atoms with Crippen LogP contribution in [-0.4, -0.2) is 78.0 Å². The summed E-state index contributed by atoms with van der Waals surface area (Å²) in [4.78, 5) is 29.1. The van der Waals surface area contributed by atoms with Gasteiger partial charge in [0.2, 0.25) is 0 Å². The van der Waals surface area contributed by atoms with Crippen LogP contribution in [0.3, 0.4) is 0 Å². The lowest BCUT2D eigenvalue weighted by atomic mass is 9.53. The average Bonchev–Trinajstić information content (AvgIpc) is 3.34. The molecule has 216 valence electrons. The monoisotopic (exact) mass is 558 g/mol. The molecule has 2 amide bonds. The predicted octanol–water partition coefficient (Wildman–Crippen LogP) is 2.71. The van der Waals surface area contributed by atoms with Gasteiger partial charge in [0.25, 0.3) is 5.91 Å². The summed E-state index contributed by atoms with van der Waals surface area (Å²) in [6.07, 6.45) is 7.46. The van der Waals surface area contributed by atoms with Crippen molar-refractivity contribution in [2.24, 2.45) is 5.92 Å². The molecule has 3 N–H and O–H groups in total. The Morgan fingerprint density at radius 2 is 1.90 bits per heavy atom. The summed E-state index contributed by atoms with van der Waals surface area (Å²) >= 11 is 0. The zero-order valence-corrected chi connectivity index (χ0v) is 23.4. The highest BCUT2D eigenvalue weighted by Gasteiger charge is 2.64. The number of hydrogen-bond donors (Lipinski definition) is 3. The number of hydrazine groups is 1. The standard InChI is InChI=1S/C32H38N4O5/c1-35-17-14-32-22-11-12-25(37)29(32)41-28-26(13-10-21(27(28)32)19-24(22)35)40-31(39)33-23(18-20-8-4-2-5-9-20)30(38)34-36-15-6-3-7-16-36/h2,4-5,8-13,22-25,29,37H,3,6-7,14-19H2,1H3,(H,33,39)(H,34,38)/t22?,23?,24?,25-,29-,32-/m0/s1. The van der Waals surface area contributed by atoms with Crippen molar-refractivity contribution in [3.8, 4) is 11.5 Å². The Hall–Kier alpha value is -3.40. The molecule has 6 atom stereocenters. The second-order valence-electron chi connectivity index (χ2n) is 12.2. The van der Waals surface area contributed by atoms with Gasteiger partial charge in [-0.1, -0.05) is 55.0 Å². The molecular formula is C32H38N4O5. The summed E-state index contributed by atoms with van der Waals surface area (Å²) in [7, 11) is 2.17. The molecular weight excluding hydrogens is 520 g/mol. The van der Waals surface area contributed by atoms with Crippen LogP contribution in [0.5, 0.6) is 11.5 Å². The molecule has 9 heteroatoms. The number of piperidine rings is 2. The van der Waals surface area contributed by atoms with E-state index in [1.807, 2.05) is 47.5 Å². The number of benzene rings is 2. The van der Waals surface area contributed by atoms with Crippen LogP contribution in [0, 0.1) is 5.92 Å². The summed E-state index contributed by atoms with van der Waals surface area (Å²) in [5.74, 6) is 0.832. The van der Waals surface area contributed by atoms with Crippen LogP contribution in [0.1, 0.15) is 42.4 Å². The molecule has 7 rings (SSSR count). The molecule has 2 saturated heterocycles. The summed E-state index contributed by atoms with van der Waals surface area (Å²) < 4.78 is 12.4. The summed E-state index contributed by atoms with van der Waals surface area (Å²) in [6.45, 7) is 2.51. The molecule has 3 aliphatic heterocycles. The average molecular weight is 559 g/mol. The van der Waals surface area contributed by atoms with Gasteiger partial charge < -0.3 is 24.8 Å². The number of hydrogen-bond acceptors (Lipinski definition) is 7. The number of ether oxygens (including phenoxy) is 2. The van der Waals surface area contributed by atoms with Crippen LogP contribution in [0.25, 0.3) is 0 Å². The highest BCUT2D eigenvalue weighted by Crippen LogP contribution is 2.62. The van der Waals surface area contributed by atoms with E-state index in [4.69, 9.17) is 9.47 Å². The molecule has 3 unspecified atom stereocenters. The smallest absolute Gasteiger partial charge is 0.413 e. The van der Waals surface area contributed by atoms with Gasteiger partial charge in [-0.15, -0.1) is 0 Å². The molecule has 3 heterocycles. The fraction of sp³-hybridized carbons (Fsp3) is 0.500. The van der Waals surface area contributed by atoms with E-state index in [1.165, 1.54) is 5.56 Å². The molecule has 0 saturated carbocycles. The van der Waals surface area contributed by atoms with Crippen LogP contribution >= 0.6 is 0 Å². The van der Waals surface area contributed by atoms with Gasteiger partial charge in [-0.25, -0.2) is 9.80 Å². The number of amides is 2. The molecule has 5 aliphatic rings. The van der Waals surface area contributed by atoms with Crippen molar-refractivity contribution >= 4 is 12.0 Å². The van der Waals surface area contributed by atoms with Crippen molar-refractivity contribution in [2.45, 2.75) is 68.2 Å². The minimum absolute atomic E-state index is 0.223. The Balaban J connectivity index is 1.14. The number of nitrogens with zero attached hydrogens (tertiary/aromatic N) is 2. The number of carbonyl (C=O) groups excluding carboxylic acids is 2. The van der Waals surface area contributed by atoms with Crippen molar-refractivity contribution < 1.29 is 24.2 Å². The molecule has 2 aromatic rings. The molecule has 2 bridgehead atoms. The molecule has 9 nitrogen and oxygen atoms in total. The fourth-order valence-corrected chi connectivity index (χ4v) is 7.88. The highest BCUT2D eigenvalue weighted by molar-refractivity contribution is 5.86. The lowest BCUT2D eigenvalue weighted by Crippen LogP contribution is -2.64. The van der Waals surface area contributed by atoms with Crippen LogP contribution in [-0.2, 0) is 23.1 Å². The van der Waals surface area contributed by atoms with E-state index in [9.17, 15) is 14.7 Å². The van der Waals surface area contributed by atoms with E-state index in [0.717, 1.165) is 62.9 Å². The number of aliphatic hydroxyl groups is 1. The first-order valence-corrected chi connectivity index (χ1v) is 14.9. The second kappa shape index (κ2) is 10.5. The zero-order chi connectivity index (χ0) is 28.1. The van der Waals surface area contributed by atoms with E-state index in [2.05, 4.69) is 28.8 Å². The topological polar surface area (TPSA) is 103 Å². The maximum absolute atomic E-state index is 13.4. The maximum atomic E-state index is 13.4. The second-order valence-corrected chi connectivity index (χ2v) is 12.2. The molecule has 2 fully saturated rings. The minimum Gasteiger partial charge on any atom is -0.482 e. The summed E-state index contributed by atoms with van der Waals surface area (Å²) in [5, 5.41) is 15.7. The largest absolute Gasteiger partial charge is 0.482 e. The highest BCUT2D eigenvalue weighted by atomic mass is 16.6. The third kappa shape index (κ3) is 4.51. The van der Waals surface area contributed by atoms with Crippen LogP contribution in [0.15, 0.2) is 54.6 Å². The quantitative estimate of drug-likeness (QED) is 0.469. The van der Waals surface area contributed by atoms with E-state index in [0.29, 0.717) is 24.0 Å². The molecule has 1 spiro atoms. The molecule has 0 aromatic heterocycles. The maximum Gasteiger partial charge on any atom is 0.413 e. The van der Waals surface area contributed by atoms with Gasteiger partial charge in [0.05, 0.1) is 0 Å². The van der Waals surface area contributed by atoms with Gasteiger partial charge in [-0.2, -0.15) is 0 Å². The van der Waals surface area contributed by atoms with Crippen molar-refractivity contribution in [1.82, 2.24) is 20.7 Å². The van der Waals surface area contributed by atoms with Crippen LogP contribution in [0.2, 0.25) is 0 Å². The first kappa shape index (κ1) is 26.5. The number of likely N-dealkylation sites (N-methyl/N-ethyl adjacent to an activating group) is 1. The van der Waals surface area contributed by atoms with Gasteiger partial charge in [0, 0.05) is 42.4 Å². The fourth-order valence-electron chi connectivity index (χ4n) is 7.88. The summed E-state index contributed by atoms with van der Waals surface area (Å²) in [6, 6.07) is 13.0. The minimum atomic E-state index is -0.815. The van der Waals surface area contributed by atoms with E-state index >= 15 is 0 Å². The molecule has 0 radical (unpaired) electrons. The third-order valence-corrected chi connectivity index (χ3v) is 9.85. The van der Waals surface area contributed by atoms with Gasteiger partial charge >= 0.3 is 6.09 Å². The van der Waals surface area contributed by atoms with Crippen LogP contribution < -0.4 is 20.2 Å². The Labute approximate surface area is 240 Å². The Morgan fingerprint density at radius 1 is 1.10 bits per heavy atom. The Morgan fingerprint density at radius 3 is 2.71 bits per heavy atom. The van der Waals surface area contributed by atoms with Crippen molar-refractivity contribution in [1.29, 1.82) is 0 Å². The first-order chi connectivity index (χ1) is 19.9. The predicted molar refractivity (Wildman–Crippen MR) is 153 cm³/mol. The van der Waals surface area contributed by atoms with Gasteiger partial charge in [0.1, 0.15) is 18.2 Å². The number of rotatable bonds is 6.